The topological polar surface area (TPSA) is 56.5 Å². The van der Waals surface area contributed by atoms with Crippen molar-refractivity contribution in [2.45, 2.75) is 19.3 Å². The van der Waals surface area contributed by atoms with E-state index in [4.69, 9.17) is 19.9 Å². The number of aromatic nitrogens is 5. The number of thiazole rings is 1. The molecule has 1 aliphatic carbocycles. The Bertz CT molecular complexity index is 3090. The molecule has 0 saturated carbocycles. The summed E-state index contributed by atoms with van der Waals surface area (Å²) >= 11 is 1.73. The van der Waals surface area contributed by atoms with Gasteiger partial charge < -0.3 is 4.57 Å². The van der Waals surface area contributed by atoms with Gasteiger partial charge >= 0.3 is 0 Å². The normalized spacial score (nSPS) is 13.1. The fourth-order valence-electron chi connectivity index (χ4n) is 8.42. The number of rotatable bonds is 5. The minimum atomic E-state index is -0.127. The Morgan fingerprint density at radius 2 is 1.11 bits per heavy atom. The van der Waals surface area contributed by atoms with Gasteiger partial charge in [-0.1, -0.05) is 129 Å². The smallest absolute Gasteiger partial charge is 0.164 e. The van der Waals surface area contributed by atoms with Crippen LogP contribution in [0.2, 0.25) is 0 Å². The molecule has 6 heteroatoms. The molecule has 7 aromatic carbocycles. The first-order chi connectivity index (χ1) is 27.0. The molecule has 0 N–H and O–H groups in total. The molecule has 0 saturated heterocycles. The van der Waals surface area contributed by atoms with Crippen molar-refractivity contribution < 1.29 is 0 Å². The minimum Gasteiger partial charge on any atom is -0.309 e. The van der Waals surface area contributed by atoms with Crippen molar-refractivity contribution in [1.29, 1.82) is 0 Å². The van der Waals surface area contributed by atoms with Gasteiger partial charge in [0, 0.05) is 44.1 Å². The highest BCUT2D eigenvalue weighted by atomic mass is 32.1. The molecule has 0 aliphatic heterocycles. The molecule has 0 unspecified atom stereocenters. The summed E-state index contributed by atoms with van der Waals surface area (Å²) in [6, 6.07) is 57.7. The molecule has 5 nitrogen and oxygen atoms in total. The van der Waals surface area contributed by atoms with Crippen LogP contribution in [0.3, 0.4) is 0 Å². The summed E-state index contributed by atoms with van der Waals surface area (Å²) < 4.78 is 3.54. The maximum absolute atomic E-state index is 5.22. The van der Waals surface area contributed by atoms with Gasteiger partial charge in [-0.05, 0) is 70.8 Å². The third-order valence-corrected chi connectivity index (χ3v) is 12.2. The van der Waals surface area contributed by atoms with Crippen LogP contribution in [0.25, 0.3) is 93.6 Å². The summed E-state index contributed by atoms with van der Waals surface area (Å²) in [5.74, 6) is 1.96. The quantitative estimate of drug-likeness (QED) is 0.177. The van der Waals surface area contributed by atoms with E-state index >= 15 is 0 Å². The summed E-state index contributed by atoms with van der Waals surface area (Å²) in [6.45, 7) is 4.60. The summed E-state index contributed by atoms with van der Waals surface area (Å²) in [6.07, 6.45) is 0. The van der Waals surface area contributed by atoms with E-state index in [1.807, 2.05) is 24.3 Å². The van der Waals surface area contributed by atoms with Crippen molar-refractivity contribution >= 4 is 43.4 Å². The first-order valence-corrected chi connectivity index (χ1v) is 19.4. The van der Waals surface area contributed by atoms with Gasteiger partial charge in [-0.2, -0.15) is 0 Å². The van der Waals surface area contributed by atoms with Crippen LogP contribution in [0.4, 0.5) is 0 Å². The van der Waals surface area contributed by atoms with Crippen LogP contribution in [0.1, 0.15) is 25.0 Å². The lowest BCUT2D eigenvalue weighted by molar-refractivity contribution is 0.660. The Morgan fingerprint density at radius 3 is 1.95 bits per heavy atom. The van der Waals surface area contributed by atoms with E-state index in [1.54, 1.807) is 11.3 Å². The van der Waals surface area contributed by atoms with Gasteiger partial charge in [0.2, 0.25) is 0 Å². The van der Waals surface area contributed by atoms with Crippen LogP contribution < -0.4 is 0 Å². The molecule has 1 aliphatic rings. The Balaban J connectivity index is 1.06. The van der Waals surface area contributed by atoms with E-state index in [-0.39, 0.29) is 5.41 Å². The lowest BCUT2D eigenvalue weighted by Crippen LogP contribution is -2.14. The van der Waals surface area contributed by atoms with Crippen molar-refractivity contribution in [1.82, 2.24) is 24.5 Å². The first kappa shape index (κ1) is 31.7. The summed E-state index contributed by atoms with van der Waals surface area (Å²) in [5.41, 5.74) is 13.3. The number of fused-ring (bicyclic) bond motifs is 7. The zero-order chi connectivity index (χ0) is 36.7. The lowest BCUT2D eigenvalue weighted by atomic mass is 9.82. The van der Waals surface area contributed by atoms with Gasteiger partial charge in [0.15, 0.2) is 17.5 Å². The molecule has 0 spiro atoms. The monoisotopic (exact) mass is 723 g/mol. The number of hydrogen-bond donors (Lipinski definition) is 0. The summed E-state index contributed by atoms with van der Waals surface area (Å²) in [5, 5.41) is 3.44. The highest BCUT2D eigenvalue weighted by Crippen LogP contribution is 2.51. The second kappa shape index (κ2) is 12.1. The fraction of sp³-hybridized carbons (Fsp3) is 0.0612. The zero-order valence-electron chi connectivity index (χ0n) is 30.2. The molecule has 0 bridgehead atoms. The van der Waals surface area contributed by atoms with Gasteiger partial charge in [-0.25, -0.2) is 19.9 Å². The lowest BCUT2D eigenvalue weighted by Gasteiger charge is -2.21. The van der Waals surface area contributed by atoms with Gasteiger partial charge in [-0.3, -0.25) is 0 Å². The summed E-state index contributed by atoms with van der Waals surface area (Å²) in [4.78, 5) is 20.4. The molecule has 55 heavy (non-hydrogen) atoms. The first-order valence-electron chi connectivity index (χ1n) is 18.6. The zero-order valence-corrected chi connectivity index (χ0v) is 31.0. The van der Waals surface area contributed by atoms with Crippen molar-refractivity contribution in [3.8, 4) is 61.5 Å². The summed E-state index contributed by atoms with van der Waals surface area (Å²) in [7, 11) is 0. The Morgan fingerprint density at radius 1 is 0.473 bits per heavy atom. The second-order valence-corrected chi connectivity index (χ2v) is 15.7. The maximum atomic E-state index is 5.22. The minimum absolute atomic E-state index is 0.127. The Kier molecular flexibility index (Phi) is 7.00. The molecule has 3 aromatic heterocycles. The van der Waals surface area contributed by atoms with E-state index in [2.05, 4.69) is 158 Å². The Hall–Kier alpha value is -6.76. The standard InChI is InChI=1S/C49H33N5S/c1-49(2)38-18-8-6-16-36(38)44-37(17-12-19-39(44)49)47-52-45(30-13-4-3-5-14-30)51-46(53-47)31-23-26-33(27-24-31)54-41-21-10-7-15-34(41)35-28-25-32(29-42(35)54)48-50-40-20-9-11-22-43(40)55-48/h3-29H,1-2H3. The average molecular weight is 724 g/mol. The molecule has 0 radical (unpaired) electrons. The third-order valence-electron chi connectivity index (χ3n) is 11.1. The highest BCUT2D eigenvalue weighted by Gasteiger charge is 2.37. The van der Waals surface area contributed by atoms with E-state index in [9.17, 15) is 0 Å². The van der Waals surface area contributed by atoms with E-state index in [0.717, 1.165) is 49.5 Å². The number of para-hydroxylation sites is 2. The van der Waals surface area contributed by atoms with Crippen LogP contribution in [0, 0.1) is 0 Å². The van der Waals surface area contributed by atoms with Gasteiger partial charge in [0.05, 0.1) is 21.3 Å². The fourth-order valence-corrected chi connectivity index (χ4v) is 9.38. The molecule has 10 aromatic rings. The molecule has 0 fully saturated rings. The van der Waals surface area contributed by atoms with Crippen molar-refractivity contribution in [3.63, 3.8) is 0 Å². The van der Waals surface area contributed by atoms with E-state index in [0.29, 0.717) is 17.5 Å². The van der Waals surface area contributed by atoms with E-state index in [1.165, 1.54) is 37.7 Å². The van der Waals surface area contributed by atoms with Crippen molar-refractivity contribution in [3.05, 3.63) is 175 Å². The molecular weight excluding hydrogens is 691 g/mol. The van der Waals surface area contributed by atoms with Gasteiger partial charge in [-0.15, -0.1) is 11.3 Å². The third kappa shape index (κ3) is 4.99. The van der Waals surface area contributed by atoms with Gasteiger partial charge in [0.1, 0.15) is 5.01 Å². The van der Waals surface area contributed by atoms with Crippen molar-refractivity contribution in [2.24, 2.45) is 0 Å². The number of hydrogen-bond acceptors (Lipinski definition) is 5. The predicted molar refractivity (Wildman–Crippen MR) is 227 cm³/mol. The number of benzene rings is 7. The second-order valence-electron chi connectivity index (χ2n) is 14.7. The molecule has 3 heterocycles. The largest absolute Gasteiger partial charge is 0.309 e. The predicted octanol–water partition coefficient (Wildman–Crippen LogP) is 12.6. The van der Waals surface area contributed by atoms with Gasteiger partial charge in [0.25, 0.3) is 0 Å². The molecule has 0 atom stereocenters. The maximum Gasteiger partial charge on any atom is 0.164 e. The van der Waals surface area contributed by atoms with Crippen LogP contribution >= 0.6 is 11.3 Å². The van der Waals surface area contributed by atoms with Crippen LogP contribution in [0.15, 0.2) is 164 Å². The van der Waals surface area contributed by atoms with E-state index < -0.39 is 0 Å². The van der Waals surface area contributed by atoms with Crippen molar-refractivity contribution in [2.75, 3.05) is 0 Å². The number of nitrogens with zero attached hydrogens (tertiary/aromatic N) is 5. The molecule has 260 valence electrons. The van der Waals surface area contributed by atoms with Crippen LogP contribution in [-0.4, -0.2) is 24.5 Å². The SMILES string of the molecule is CC1(C)c2ccccc2-c2c(-c3nc(-c4ccccc4)nc(-c4ccc(-n5c6ccccc6c6ccc(-c7nc8ccccc8s7)cc65)cc4)n3)cccc21. The molecule has 11 rings (SSSR count). The highest BCUT2D eigenvalue weighted by molar-refractivity contribution is 7.21. The van der Waals surface area contributed by atoms with Crippen LogP contribution in [0.5, 0.6) is 0 Å². The Labute approximate surface area is 322 Å². The molecular formula is C49H33N5S. The molecule has 0 amide bonds. The average Bonchev–Trinajstić information content (AvgIpc) is 3.89. The van der Waals surface area contributed by atoms with Crippen LogP contribution in [-0.2, 0) is 5.41 Å².